The van der Waals surface area contributed by atoms with Crippen molar-refractivity contribution in [1.29, 1.82) is 0 Å². The molecule has 1 saturated heterocycles. The largest absolute Gasteiger partial charge is 0.508 e. The fraction of sp³-hybridized carbons (Fsp3) is 0.744. The monoisotopic (exact) mass is 822 g/mol. The van der Waals surface area contributed by atoms with Crippen LogP contribution in [0.3, 0.4) is 0 Å². The highest BCUT2D eigenvalue weighted by molar-refractivity contribution is 5.90. The van der Waals surface area contributed by atoms with Crippen LogP contribution in [-0.4, -0.2) is 130 Å². The van der Waals surface area contributed by atoms with Crippen molar-refractivity contribution in [2.24, 2.45) is 23.1 Å². The summed E-state index contributed by atoms with van der Waals surface area (Å²) in [5.74, 6) is -0.292. The molecule has 0 bridgehead atoms. The van der Waals surface area contributed by atoms with Crippen LogP contribution in [0.25, 0.3) is 0 Å². The van der Waals surface area contributed by atoms with Crippen LogP contribution in [-0.2, 0) is 49.3 Å². The number of hydrogen-bond acceptors (Lipinski definition) is 13. The molecular weight excluding hydrogens is 746 g/mol. The first-order valence-corrected chi connectivity index (χ1v) is 21.3. The van der Waals surface area contributed by atoms with E-state index in [1.807, 2.05) is 11.8 Å². The Balaban J connectivity index is 0.000000652. The number of amides is 2. The number of Topliss-reactive ketones (excluding diaryl/α,β-unsaturated/α-hetero) is 3. The van der Waals surface area contributed by atoms with E-state index in [-0.39, 0.29) is 73.1 Å². The van der Waals surface area contributed by atoms with E-state index in [0.29, 0.717) is 84.1 Å². The number of carbonyl (C=O) groups is 5. The SMILES string of the molecule is CCCOCC(=O)CCCCC[C@H](N)C(=O)N1CCC[C@H]1C.COCCNC(=O)COCCOCCCC(=O)[C@H](CCCCN)CC(=O)[C@@H](N)Cc1ccc(O)cc1. The van der Waals surface area contributed by atoms with Gasteiger partial charge in [-0.1, -0.05) is 38.3 Å². The molecule has 0 saturated carbocycles. The molecule has 0 radical (unpaired) electrons. The van der Waals surface area contributed by atoms with E-state index in [1.54, 1.807) is 31.4 Å². The molecule has 1 fully saturated rings. The van der Waals surface area contributed by atoms with Crippen LogP contribution >= 0.6 is 0 Å². The highest BCUT2D eigenvalue weighted by Crippen LogP contribution is 2.20. The van der Waals surface area contributed by atoms with Gasteiger partial charge >= 0.3 is 0 Å². The van der Waals surface area contributed by atoms with Crippen molar-refractivity contribution in [3.8, 4) is 5.75 Å². The van der Waals surface area contributed by atoms with Gasteiger partial charge in [-0.15, -0.1) is 0 Å². The minimum Gasteiger partial charge on any atom is -0.508 e. The number of likely N-dealkylation sites (tertiary alicyclic amines) is 1. The molecule has 0 aliphatic carbocycles. The minimum atomic E-state index is -0.704. The maximum absolute atomic E-state index is 12.8. The third-order valence-electron chi connectivity index (χ3n) is 9.90. The van der Waals surface area contributed by atoms with Crippen molar-refractivity contribution in [2.45, 2.75) is 128 Å². The quantitative estimate of drug-likeness (QED) is 0.0641. The van der Waals surface area contributed by atoms with Gasteiger partial charge in [0.2, 0.25) is 11.8 Å². The third-order valence-corrected chi connectivity index (χ3v) is 9.90. The Morgan fingerprint density at radius 1 is 0.828 bits per heavy atom. The average Bonchev–Trinajstić information content (AvgIpc) is 3.64. The van der Waals surface area contributed by atoms with Crippen LogP contribution in [0.1, 0.15) is 109 Å². The molecule has 1 aromatic carbocycles. The lowest BCUT2D eigenvalue weighted by Crippen LogP contribution is -2.45. The highest BCUT2D eigenvalue weighted by atomic mass is 16.5. The molecular formula is C43H75N5O10. The molecule has 0 unspecified atom stereocenters. The van der Waals surface area contributed by atoms with Gasteiger partial charge in [-0.2, -0.15) is 0 Å². The maximum atomic E-state index is 12.8. The molecule has 8 N–H and O–H groups in total. The van der Waals surface area contributed by atoms with E-state index in [2.05, 4.69) is 12.2 Å². The summed E-state index contributed by atoms with van der Waals surface area (Å²) in [6.45, 7) is 8.22. The summed E-state index contributed by atoms with van der Waals surface area (Å²) in [5, 5.41) is 12.1. The molecule has 58 heavy (non-hydrogen) atoms. The number of nitrogens with zero attached hydrogens (tertiary/aromatic N) is 1. The van der Waals surface area contributed by atoms with E-state index in [4.69, 9.17) is 36.1 Å². The van der Waals surface area contributed by atoms with Crippen molar-refractivity contribution < 1.29 is 48.0 Å². The Morgan fingerprint density at radius 2 is 1.53 bits per heavy atom. The van der Waals surface area contributed by atoms with Crippen LogP contribution in [0, 0.1) is 5.92 Å². The number of phenols is 1. The Kier molecular flexibility index (Phi) is 30.5. The third kappa shape index (κ3) is 25.2. The number of aromatic hydroxyl groups is 1. The van der Waals surface area contributed by atoms with Crippen molar-refractivity contribution in [3.63, 3.8) is 0 Å². The number of hydrogen-bond donors (Lipinski definition) is 5. The van der Waals surface area contributed by atoms with Gasteiger partial charge in [0.1, 0.15) is 24.7 Å². The number of ether oxygens (including phenoxy) is 4. The molecule has 2 rings (SSSR count). The lowest BCUT2D eigenvalue weighted by atomic mass is 9.87. The van der Waals surface area contributed by atoms with Gasteiger partial charge in [-0.3, -0.25) is 24.0 Å². The van der Waals surface area contributed by atoms with Gasteiger partial charge in [-0.05, 0) is 89.0 Å². The first-order chi connectivity index (χ1) is 27.9. The Labute approximate surface area is 346 Å². The molecule has 2 amide bonds. The topological polar surface area (TPSA) is 236 Å². The first kappa shape index (κ1) is 52.7. The molecule has 15 nitrogen and oxygen atoms in total. The smallest absolute Gasteiger partial charge is 0.246 e. The number of carbonyl (C=O) groups excluding carboxylic acids is 5. The zero-order valence-electron chi connectivity index (χ0n) is 35.6. The summed E-state index contributed by atoms with van der Waals surface area (Å²) in [6.07, 6.45) is 10.6. The van der Waals surface area contributed by atoms with E-state index in [1.165, 1.54) is 0 Å². The summed E-state index contributed by atoms with van der Waals surface area (Å²) in [4.78, 5) is 62.7. The fourth-order valence-corrected chi connectivity index (χ4v) is 6.45. The second-order valence-corrected chi connectivity index (χ2v) is 15.0. The van der Waals surface area contributed by atoms with E-state index in [0.717, 1.165) is 63.5 Å². The van der Waals surface area contributed by atoms with Crippen LogP contribution in [0.15, 0.2) is 24.3 Å². The molecule has 332 valence electrons. The van der Waals surface area contributed by atoms with Gasteiger partial charge in [0.15, 0.2) is 11.6 Å². The molecule has 1 aliphatic heterocycles. The van der Waals surface area contributed by atoms with Gasteiger partial charge in [0.05, 0.1) is 31.9 Å². The summed E-state index contributed by atoms with van der Waals surface area (Å²) in [7, 11) is 1.56. The van der Waals surface area contributed by atoms with Crippen LogP contribution in [0.4, 0.5) is 0 Å². The number of nitrogens with two attached hydrogens (primary N) is 3. The lowest BCUT2D eigenvalue weighted by Gasteiger charge is -2.24. The average molecular weight is 822 g/mol. The minimum absolute atomic E-state index is 0.0322. The number of methoxy groups -OCH3 is 1. The van der Waals surface area contributed by atoms with Crippen LogP contribution in [0.5, 0.6) is 5.75 Å². The van der Waals surface area contributed by atoms with Gasteiger partial charge in [0, 0.05) is 64.6 Å². The van der Waals surface area contributed by atoms with E-state index >= 15 is 0 Å². The molecule has 0 aromatic heterocycles. The predicted molar refractivity (Wildman–Crippen MR) is 224 cm³/mol. The fourth-order valence-electron chi connectivity index (χ4n) is 6.45. The van der Waals surface area contributed by atoms with Crippen molar-refractivity contribution in [3.05, 3.63) is 29.8 Å². The van der Waals surface area contributed by atoms with Gasteiger partial charge < -0.3 is 51.5 Å². The normalized spacial score (nSPS) is 15.3. The maximum Gasteiger partial charge on any atom is 0.246 e. The zero-order chi connectivity index (χ0) is 43.0. The lowest BCUT2D eigenvalue weighted by molar-refractivity contribution is -0.133. The molecule has 15 heteroatoms. The Hall–Kier alpha value is -3.31. The van der Waals surface area contributed by atoms with Crippen molar-refractivity contribution in [1.82, 2.24) is 10.2 Å². The summed E-state index contributed by atoms with van der Waals surface area (Å²) in [5.41, 5.74) is 18.6. The number of rotatable bonds is 33. The summed E-state index contributed by atoms with van der Waals surface area (Å²) < 4.78 is 20.8. The number of phenolic OH excluding ortho intramolecular Hbond substituents is 1. The van der Waals surface area contributed by atoms with Crippen LogP contribution in [0.2, 0.25) is 0 Å². The zero-order valence-corrected chi connectivity index (χ0v) is 35.6. The predicted octanol–water partition coefficient (Wildman–Crippen LogP) is 3.38. The number of nitrogens with one attached hydrogen (secondary N) is 1. The number of benzene rings is 1. The standard InChI is InChI=1S/C26H43N3O7.C17H32N2O3/c1-34-14-12-29-26(33)19-36-16-15-35-13-4-6-24(31)21(5-2-3-11-27)18-25(32)23(28)17-20-7-9-22(30)10-8-20;1-3-12-22-13-15(20)9-5-4-6-10-16(18)17(21)19-11-7-8-14(19)2/h7-10,21,23,30H,2-6,11-19,27-28H2,1H3,(H,29,33);14,16H,3-13,18H2,1-2H3/t21-,23+;14-,16+/m11/s1. The van der Waals surface area contributed by atoms with Gasteiger partial charge in [0.25, 0.3) is 0 Å². The van der Waals surface area contributed by atoms with E-state index in [9.17, 15) is 29.1 Å². The van der Waals surface area contributed by atoms with Crippen LogP contribution < -0.4 is 22.5 Å². The molecule has 0 spiro atoms. The van der Waals surface area contributed by atoms with Gasteiger partial charge in [-0.25, -0.2) is 0 Å². The number of ketones is 3. The van der Waals surface area contributed by atoms with Crippen molar-refractivity contribution in [2.75, 3.05) is 73.0 Å². The second-order valence-electron chi connectivity index (χ2n) is 15.0. The van der Waals surface area contributed by atoms with Crippen molar-refractivity contribution >= 4 is 29.2 Å². The molecule has 1 heterocycles. The highest BCUT2D eigenvalue weighted by Gasteiger charge is 2.28. The second kappa shape index (κ2) is 33.5. The molecule has 4 atom stereocenters. The molecule has 1 aromatic rings. The Bertz CT molecular complexity index is 1280. The Morgan fingerprint density at radius 3 is 2.21 bits per heavy atom. The number of unbranched alkanes of at least 4 members (excludes halogenated alkanes) is 3. The van der Waals surface area contributed by atoms with E-state index < -0.39 is 6.04 Å². The summed E-state index contributed by atoms with van der Waals surface area (Å²) >= 11 is 0. The summed E-state index contributed by atoms with van der Waals surface area (Å²) in [6, 6.07) is 5.82. The molecule has 1 aliphatic rings. The first-order valence-electron chi connectivity index (χ1n) is 21.3.